The zero-order valence-corrected chi connectivity index (χ0v) is 12.3. The minimum atomic E-state index is 0.00789. The van der Waals surface area contributed by atoms with Crippen LogP contribution < -0.4 is 10.6 Å². The van der Waals surface area contributed by atoms with Crippen molar-refractivity contribution in [3.63, 3.8) is 0 Å². The highest BCUT2D eigenvalue weighted by Crippen LogP contribution is 2.24. The van der Waals surface area contributed by atoms with Crippen LogP contribution in [0.3, 0.4) is 0 Å². The van der Waals surface area contributed by atoms with E-state index in [0.717, 1.165) is 30.2 Å². The fraction of sp³-hybridized carbons (Fsp3) is 0.438. The van der Waals surface area contributed by atoms with Crippen LogP contribution in [0.2, 0.25) is 0 Å². The standard InChI is InChI=1S/C16H25N3/c1-6-8-19(9-7-2)15-11-13(12-17)10-14(18-15)16(3,4)5/h6-7,10-11H,1-2,8-9,12,17H2,3-5H3. The molecule has 1 rings (SSSR count). The van der Waals surface area contributed by atoms with Crippen molar-refractivity contribution in [1.82, 2.24) is 4.98 Å². The normalized spacial score (nSPS) is 11.2. The van der Waals surface area contributed by atoms with E-state index in [1.165, 1.54) is 0 Å². The smallest absolute Gasteiger partial charge is 0.129 e. The summed E-state index contributed by atoms with van der Waals surface area (Å²) in [6, 6.07) is 4.13. The Morgan fingerprint density at radius 3 is 2.21 bits per heavy atom. The Morgan fingerprint density at radius 1 is 1.21 bits per heavy atom. The van der Waals surface area contributed by atoms with Gasteiger partial charge in [0.2, 0.25) is 0 Å². The van der Waals surface area contributed by atoms with Crippen LogP contribution in [0, 0.1) is 0 Å². The molecule has 104 valence electrons. The van der Waals surface area contributed by atoms with Gasteiger partial charge in [0.05, 0.1) is 0 Å². The Hall–Kier alpha value is -1.61. The summed E-state index contributed by atoms with van der Waals surface area (Å²) in [5.74, 6) is 0.938. The quantitative estimate of drug-likeness (QED) is 0.799. The molecule has 2 N–H and O–H groups in total. The lowest BCUT2D eigenvalue weighted by Gasteiger charge is -2.25. The lowest BCUT2D eigenvalue weighted by Crippen LogP contribution is -2.26. The van der Waals surface area contributed by atoms with Gasteiger partial charge in [-0.2, -0.15) is 0 Å². The highest BCUT2D eigenvalue weighted by molar-refractivity contribution is 5.45. The molecule has 1 aromatic rings. The molecule has 0 amide bonds. The molecule has 3 nitrogen and oxygen atoms in total. The van der Waals surface area contributed by atoms with Gasteiger partial charge in [-0.3, -0.25) is 0 Å². The van der Waals surface area contributed by atoms with Crippen molar-refractivity contribution in [2.24, 2.45) is 5.73 Å². The number of hydrogen-bond donors (Lipinski definition) is 1. The van der Waals surface area contributed by atoms with Gasteiger partial charge in [0, 0.05) is 30.7 Å². The first-order chi connectivity index (χ1) is 8.92. The topological polar surface area (TPSA) is 42.1 Å². The molecule has 0 bridgehead atoms. The molecule has 0 fully saturated rings. The average molecular weight is 259 g/mol. The molecular formula is C16H25N3. The van der Waals surface area contributed by atoms with Crippen molar-refractivity contribution in [2.75, 3.05) is 18.0 Å². The zero-order valence-electron chi connectivity index (χ0n) is 12.3. The van der Waals surface area contributed by atoms with Crippen molar-refractivity contribution < 1.29 is 0 Å². The monoisotopic (exact) mass is 259 g/mol. The van der Waals surface area contributed by atoms with Crippen molar-refractivity contribution in [2.45, 2.75) is 32.7 Å². The second-order valence-electron chi connectivity index (χ2n) is 5.66. The molecule has 0 aliphatic heterocycles. The van der Waals surface area contributed by atoms with E-state index >= 15 is 0 Å². The van der Waals surface area contributed by atoms with Crippen molar-refractivity contribution in [1.29, 1.82) is 0 Å². The number of aromatic nitrogens is 1. The van der Waals surface area contributed by atoms with E-state index in [0.29, 0.717) is 6.54 Å². The van der Waals surface area contributed by atoms with Crippen molar-refractivity contribution >= 4 is 5.82 Å². The molecule has 0 aliphatic carbocycles. The highest BCUT2D eigenvalue weighted by Gasteiger charge is 2.18. The Balaban J connectivity index is 3.24. The largest absolute Gasteiger partial charge is 0.349 e. The van der Waals surface area contributed by atoms with Crippen LogP contribution in [-0.4, -0.2) is 18.1 Å². The van der Waals surface area contributed by atoms with Gasteiger partial charge in [-0.05, 0) is 17.7 Å². The van der Waals surface area contributed by atoms with Gasteiger partial charge in [-0.1, -0.05) is 32.9 Å². The maximum Gasteiger partial charge on any atom is 0.129 e. The zero-order chi connectivity index (χ0) is 14.5. The fourth-order valence-electron chi connectivity index (χ4n) is 1.81. The maximum atomic E-state index is 5.79. The van der Waals surface area contributed by atoms with Gasteiger partial charge in [0.15, 0.2) is 0 Å². The number of pyridine rings is 1. The molecular weight excluding hydrogens is 234 g/mol. The van der Waals surface area contributed by atoms with Gasteiger partial charge >= 0.3 is 0 Å². The van der Waals surface area contributed by atoms with Gasteiger partial charge in [-0.15, -0.1) is 13.2 Å². The first-order valence-corrected chi connectivity index (χ1v) is 6.60. The van der Waals surface area contributed by atoms with Gasteiger partial charge in [0.25, 0.3) is 0 Å². The van der Waals surface area contributed by atoms with Crippen molar-refractivity contribution in [3.8, 4) is 0 Å². The molecule has 0 unspecified atom stereocenters. The number of anilines is 1. The molecule has 1 aromatic heterocycles. The summed E-state index contributed by atoms with van der Waals surface area (Å²) >= 11 is 0. The third-order valence-electron chi connectivity index (χ3n) is 2.90. The molecule has 19 heavy (non-hydrogen) atoms. The van der Waals surface area contributed by atoms with Crippen LogP contribution in [0.4, 0.5) is 5.82 Å². The SMILES string of the molecule is C=CCN(CC=C)c1cc(CN)cc(C(C)(C)C)n1. The molecule has 0 atom stereocenters. The fourth-order valence-corrected chi connectivity index (χ4v) is 1.81. The summed E-state index contributed by atoms with van der Waals surface area (Å²) in [5, 5.41) is 0. The van der Waals surface area contributed by atoms with Crippen LogP contribution in [0.5, 0.6) is 0 Å². The Bertz CT molecular complexity index is 434. The second kappa shape index (κ2) is 6.53. The molecule has 0 saturated heterocycles. The Morgan fingerprint density at radius 2 is 1.79 bits per heavy atom. The number of hydrogen-bond acceptors (Lipinski definition) is 3. The lowest BCUT2D eigenvalue weighted by atomic mass is 9.90. The molecule has 1 heterocycles. The first-order valence-electron chi connectivity index (χ1n) is 6.60. The van der Waals surface area contributed by atoms with E-state index in [-0.39, 0.29) is 5.41 Å². The van der Waals surface area contributed by atoms with Crippen LogP contribution in [-0.2, 0) is 12.0 Å². The third-order valence-corrected chi connectivity index (χ3v) is 2.90. The molecule has 0 spiro atoms. The highest BCUT2D eigenvalue weighted by atomic mass is 15.2. The van der Waals surface area contributed by atoms with Crippen LogP contribution in [0.25, 0.3) is 0 Å². The van der Waals surface area contributed by atoms with Gasteiger partial charge in [0.1, 0.15) is 5.82 Å². The average Bonchev–Trinajstić information content (AvgIpc) is 2.37. The number of nitrogens with two attached hydrogens (primary N) is 1. The van der Waals surface area contributed by atoms with E-state index in [4.69, 9.17) is 10.7 Å². The first kappa shape index (κ1) is 15.4. The summed E-state index contributed by atoms with van der Waals surface area (Å²) in [4.78, 5) is 6.90. The summed E-state index contributed by atoms with van der Waals surface area (Å²) in [6.45, 7) is 16.1. The predicted molar refractivity (Wildman–Crippen MR) is 83.4 cm³/mol. The predicted octanol–water partition coefficient (Wildman–Crippen LogP) is 3.02. The molecule has 3 heteroatoms. The van der Waals surface area contributed by atoms with E-state index < -0.39 is 0 Å². The van der Waals surface area contributed by atoms with E-state index in [2.05, 4.69) is 44.9 Å². The van der Waals surface area contributed by atoms with Crippen LogP contribution in [0.1, 0.15) is 32.0 Å². The van der Waals surface area contributed by atoms with Gasteiger partial charge in [-0.25, -0.2) is 4.98 Å². The molecule has 0 saturated carbocycles. The molecule has 0 radical (unpaired) electrons. The summed E-state index contributed by atoms with van der Waals surface area (Å²) < 4.78 is 0. The lowest BCUT2D eigenvalue weighted by molar-refractivity contribution is 0.567. The summed E-state index contributed by atoms with van der Waals surface area (Å²) in [5.41, 5.74) is 7.96. The summed E-state index contributed by atoms with van der Waals surface area (Å²) in [6.07, 6.45) is 3.74. The Kier molecular flexibility index (Phi) is 5.31. The molecule has 0 aromatic carbocycles. The second-order valence-corrected chi connectivity index (χ2v) is 5.66. The Labute approximate surface area is 116 Å². The van der Waals surface area contributed by atoms with E-state index in [1.807, 2.05) is 18.2 Å². The van der Waals surface area contributed by atoms with Crippen LogP contribution in [0.15, 0.2) is 37.4 Å². The minimum absolute atomic E-state index is 0.00789. The maximum absolute atomic E-state index is 5.79. The number of nitrogens with zero attached hydrogens (tertiary/aromatic N) is 2. The van der Waals surface area contributed by atoms with E-state index in [1.54, 1.807) is 0 Å². The third kappa shape index (κ3) is 4.21. The van der Waals surface area contributed by atoms with Crippen LogP contribution >= 0.6 is 0 Å². The van der Waals surface area contributed by atoms with Crippen molar-refractivity contribution in [3.05, 3.63) is 48.7 Å². The minimum Gasteiger partial charge on any atom is -0.349 e. The molecule has 0 aliphatic rings. The van der Waals surface area contributed by atoms with E-state index in [9.17, 15) is 0 Å². The number of rotatable bonds is 6. The van der Waals surface area contributed by atoms with Gasteiger partial charge < -0.3 is 10.6 Å². The summed E-state index contributed by atoms with van der Waals surface area (Å²) in [7, 11) is 0.